The van der Waals surface area contributed by atoms with Crippen molar-refractivity contribution in [3.63, 3.8) is 0 Å². The number of hydrogen-bond donors (Lipinski definition) is 1. The summed E-state index contributed by atoms with van der Waals surface area (Å²) in [6.07, 6.45) is 0. The molecule has 0 spiro atoms. The Morgan fingerprint density at radius 3 is 1.58 bits per heavy atom. The van der Waals surface area contributed by atoms with E-state index in [9.17, 15) is 24.5 Å². The van der Waals surface area contributed by atoms with E-state index in [1.165, 1.54) is 24.3 Å². The Kier molecular flexibility index (Phi) is 4.01. The maximum atomic E-state index is 13.5. The second kappa shape index (κ2) is 6.83. The number of rotatable bonds is 3. The van der Waals surface area contributed by atoms with E-state index in [0.29, 0.717) is 0 Å². The van der Waals surface area contributed by atoms with Gasteiger partial charge in [-0.05, 0) is 34.4 Å². The highest BCUT2D eigenvalue weighted by molar-refractivity contribution is 6.09. The molecule has 33 heavy (non-hydrogen) atoms. The minimum absolute atomic E-state index is 0.116. The SMILES string of the molecule is O=C(NN1C(=O)[C@H]2C3c4ccccc4C(c4ccccc43)[C@@H]2C1=O)c1ccc([N+](=O)[O-])cc1. The van der Waals surface area contributed by atoms with E-state index in [0.717, 1.165) is 27.3 Å². The molecule has 2 bridgehead atoms. The smallest absolute Gasteiger partial charge is 0.270 e. The third-order valence-electron chi connectivity index (χ3n) is 7.00. The van der Waals surface area contributed by atoms with Crippen LogP contribution < -0.4 is 5.43 Å². The first-order chi connectivity index (χ1) is 16.0. The highest BCUT2D eigenvalue weighted by atomic mass is 16.6. The lowest BCUT2D eigenvalue weighted by molar-refractivity contribution is -0.384. The number of nitro benzene ring substituents is 1. The second-order valence-corrected chi connectivity index (χ2v) is 8.52. The first-order valence-corrected chi connectivity index (χ1v) is 10.6. The molecule has 7 rings (SSSR count). The van der Waals surface area contributed by atoms with Gasteiger partial charge in [-0.3, -0.25) is 29.9 Å². The zero-order valence-corrected chi connectivity index (χ0v) is 17.2. The van der Waals surface area contributed by atoms with Gasteiger partial charge in [-0.1, -0.05) is 48.5 Å². The fourth-order valence-electron chi connectivity index (χ4n) is 5.69. The number of imide groups is 1. The quantitative estimate of drug-likeness (QED) is 0.383. The number of hydrogen-bond acceptors (Lipinski definition) is 5. The van der Waals surface area contributed by atoms with Gasteiger partial charge in [-0.2, -0.15) is 5.01 Å². The number of carbonyl (C=O) groups is 3. The van der Waals surface area contributed by atoms with Crippen LogP contribution in [0.5, 0.6) is 0 Å². The predicted octanol–water partition coefficient (Wildman–Crippen LogP) is 3.13. The standard InChI is InChI=1S/C25H17N3O5/c29-23(13-9-11-14(12-10-13)28(32)33)26-27-24(30)21-19-15-5-1-2-6-16(15)20(22(21)25(27)31)18-8-4-3-7-17(18)19/h1-12,19-22H,(H,26,29)/t19?,20?,21-,22-/m0/s1. The fourth-order valence-corrected chi connectivity index (χ4v) is 5.69. The molecule has 8 nitrogen and oxygen atoms in total. The third-order valence-corrected chi connectivity index (χ3v) is 7.00. The van der Waals surface area contributed by atoms with Gasteiger partial charge >= 0.3 is 0 Å². The minimum atomic E-state index is -0.673. The summed E-state index contributed by atoms with van der Waals surface area (Å²) in [4.78, 5) is 50.0. The van der Waals surface area contributed by atoms with E-state index < -0.39 is 34.5 Å². The number of amides is 3. The summed E-state index contributed by atoms with van der Waals surface area (Å²) in [6, 6.07) is 20.8. The molecule has 0 unspecified atom stereocenters. The maximum Gasteiger partial charge on any atom is 0.270 e. The average Bonchev–Trinajstić information content (AvgIpc) is 3.09. The van der Waals surface area contributed by atoms with Gasteiger partial charge < -0.3 is 0 Å². The van der Waals surface area contributed by atoms with Crippen LogP contribution in [0.1, 0.15) is 44.4 Å². The average molecular weight is 439 g/mol. The summed E-state index contributed by atoms with van der Waals surface area (Å²) in [7, 11) is 0. The predicted molar refractivity (Wildman–Crippen MR) is 116 cm³/mol. The van der Waals surface area contributed by atoms with Gasteiger partial charge in [0.1, 0.15) is 0 Å². The monoisotopic (exact) mass is 439 g/mol. The fraction of sp³-hybridized carbons (Fsp3) is 0.160. The number of nitrogens with one attached hydrogen (secondary N) is 1. The minimum Gasteiger partial charge on any atom is -0.272 e. The third kappa shape index (κ3) is 2.60. The van der Waals surface area contributed by atoms with Crippen LogP contribution in [0.3, 0.4) is 0 Å². The van der Waals surface area contributed by atoms with Gasteiger partial charge in [0.2, 0.25) is 0 Å². The lowest BCUT2D eigenvalue weighted by Crippen LogP contribution is -2.46. The number of benzene rings is 3. The normalized spacial score (nSPS) is 24.2. The van der Waals surface area contributed by atoms with Crippen LogP contribution in [0, 0.1) is 22.0 Å². The van der Waals surface area contributed by atoms with Crippen molar-refractivity contribution in [2.24, 2.45) is 11.8 Å². The molecule has 0 aromatic heterocycles. The van der Waals surface area contributed by atoms with Crippen molar-refractivity contribution in [1.82, 2.24) is 10.4 Å². The molecule has 1 aliphatic heterocycles. The molecular weight excluding hydrogens is 422 g/mol. The summed E-state index contributed by atoms with van der Waals surface area (Å²) in [5.74, 6) is -3.24. The summed E-state index contributed by atoms with van der Waals surface area (Å²) < 4.78 is 0. The number of carbonyl (C=O) groups excluding carboxylic acids is 3. The second-order valence-electron chi connectivity index (χ2n) is 8.52. The Hall–Kier alpha value is -4.33. The van der Waals surface area contributed by atoms with Crippen molar-refractivity contribution in [2.75, 3.05) is 0 Å². The number of non-ortho nitro benzene ring substituents is 1. The zero-order chi connectivity index (χ0) is 22.9. The molecular formula is C25H17N3O5. The molecule has 3 amide bonds. The van der Waals surface area contributed by atoms with Crippen LogP contribution in [-0.2, 0) is 9.59 Å². The van der Waals surface area contributed by atoms with Crippen LogP contribution >= 0.6 is 0 Å². The first-order valence-electron chi connectivity index (χ1n) is 10.6. The highest BCUT2D eigenvalue weighted by Gasteiger charge is 2.62. The molecule has 0 radical (unpaired) electrons. The van der Waals surface area contributed by atoms with Crippen molar-refractivity contribution in [3.8, 4) is 0 Å². The Bertz CT molecular complexity index is 1250. The van der Waals surface area contributed by atoms with Gasteiger partial charge in [0.15, 0.2) is 0 Å². The molecule has 162 valence electrons. The van der Waals surface area contributed by atoms with E-state index in [2.05, 4.69) is 5.43 Å². The number of hydrazine groups is 1. The number of nitro groups is 1. The van der Waals surface area contributed by atoms with Gasteiger partial charge in [0.05, 0.1) is 16.8 Å². The first kappa shape index (κ1) is 19.4. The van der Waals surface area contributed by atoms with Crippen molar-refractivity contribution in [2.45, 2.75) is 11.8 Å². The zero-order valence-electron chi connectivity index (χ0n) is 17.2. The van der Waals surface area contributed by atoms with Crippen LogP contribution in [0.4, 0.5) is 5.69 Å². The Balaban J connectivity index is 1.36. The summed E-state index contributed by atoms with van der Waals surface area (Å²) in [5.41, 5.74) is 6.60. The Morgan fingerprint density at radius 1 is 0.758 bits per heavy atom. The topological polar surface area (TPSA) is 110 Å². The van der Waals surface area contributed by atoms with Crippen molar-refractivity contribution in [3.05, 3.63) is 111 Å². The van der Waals surface area contributed by atoms with E-state index >= 15 is 0 Å². The molecule has 4 aliphatic rings. The lowest BCUT2D eigenvalue weighted by Gasteiger charge is -2.45. The largest absolute Gasteiger partial charge is 0.272 e. The molecule has 1 heterocycles. The van der Waals surface area contributed by atoms with Crippen molar-refractivity contribution >= 4 is 23.4 Å². The van der Waals surface area contributed by atoms with Gasteiger partial charge in [-0.15, -0.1) is 0 Å². The molecule has 8 heteroatoms. The molecule has 3 aliphatic carbocycles. The molecule has 1 N–H and O–H groups in total. The Labute approximate surface area is 188 Å². The summed E-state index contributed by atoms with van der Waals surface area (Å²) >= 11 is 0. The molecule has 1 saturated heterocycles. The number of nitrogens with zero attached hydrogens (tertiary/aromatic N) is 2. The Morgan fingerprint density at radius 2 is 1.18 bits per heavy atom. The highest BCUT2D eigenvalue weighted by Crippen LogP contribution is 2.60. The molecule has 3 aromatic rings. The van der Waals surface area contributed by atoms with E-state index in [-0.39, 0.29) is 23.1 Å². The summed E-state index contributed by atoms with van der Waals surface area (Å²) in [5, 5.41) is 11.7. The van der Waals surface area contributed by atoms with Gasteiger partial charge in [-0.25, -0.2) is 0 Å². The molecule has 2 atom stereocenters. The molecule has 1 fully saturated rings. The van der Waals surface area contributed by atoms with Crippen LogP contribution in [0.15, 0.2) is 72.8 Å². The van der Waals surface area contributed by atoms with Crippen molar-refractivity contribution < 1.29 is 19.3 Å². The summed E-state index contributed by atoms with van der Waals surface area (Å²) in [6.45, 7) is 0. The molecule has 0 saturated carbocycles. The van der Waals surface area contributed by atoms with Crippen LogP contribution in [0.25, 0.3) is 0 Å². The maximum absolute atomic E-state index is 13.5. The molecule has 3 aromatic carbocycles. The van der Waals surface area contributed by atoms with Crippen LogP contribution in [-0.4, -0.2) is 27.7 Å². The van der Waals surface area contributed by atoms with Crippen LogP contribution in [0.2, 0.25) is 0 Å². The van der Waals surface area contributed by atoms with Crippen molar-refractivity contribution in [1.29, 1.82) is 0 Å². The van der Waals surface area contributed by atoms with E-state index in [4.69, 9.17) is 0 Å². The lowest BCUT2D eigenvalue weighted by atomic mass is 9.55. The van der Waals surface area contributed by atoms with Gasteiger partial charge in [0.25, 0.3) is 23.4 Å². The van der Waals surface area contributed by atoms with E-state index in [1.807, 2.05) is 48.5 Å². The van der Waals surface area contributed by atoms with Gasteiger partial charge in [0, 0.05) is 29.5 Å². The van der Waals surface area contributed by atoms with E-state index in [1.54, 1.807) is 0 Å².